The van der Waals surface area contributed by atoms with Gasteiger partial charge in [-0.05, 0) is 69.7 Å². The number of benzene rings is 1. The van der Waals surface area contributed by atoms with Crippen LogP contribution in [0.3, 0.4) is 0 Å². The van der Waals surface area contributed by atoms with Gasteiger partial charge in [-0.25, -0.2) is 13.1 Å². The zero-order chi connectivity index (χ0) is 21.3. The van der Waals surface area contributed by atoms with E-state index in [-0.39, 0.29) is 0 Å². The Hall–Kier alpha value is -2.51. The van der Waals surface area contributed by atoms with Gasteiger partial charge in [-0.1, -0.05) is 23.8 Å². The van der Waals surface area contributed by atoms with Crippen LogP contribution in [0.1, 0.15) is 40.8 Å². The first kappa shape index (κ1) is 20.8. The van der Waals surface area contributed by atoms with Crippen molar-refractivity contribution in [1.29, 1.82) is 0 Å². The Bertz CT molecular complexity index is 1140. The lowest BCUT2D eigenvalue weighted by Crippen LogP contribution is -2.29. The molecule has 1 N–H and O–H groups in total. The smallest absolute Gasteiger partial charge is 0.241 e. The van der Waals surface area contributed by atoms with Crippen molar-refractivity contribution in [2.24, 2.45) is 0 Å². The largest absolute Gasteiger partial charge is 0.267 e. The van der Waals surface area contributed by atoms with Crippen LogP contribution < -0.4 is 4.72 Å². The fourth-order valence-electron chi connectivity index (χ4n) is 4.51. The summed E-state index contributed by atoms with van der Waals surface area (Å²) in [6.07, 6.45) is 6.03. The van der Waals surface area contributed by atoms with Crippen LogP contribution in [0.5, 0.6) is 0 Å². The highest BCUT2D eigenvalue weighted by Crippen LogP contribution is 2.30. The Kier molecular flexibility index (Phi) is 5.75. The van der Waals surface area contributed by atoms with E-state index in [1.807, 2.05) is 55.8 Å². The Labute approximate surface area is 178 Å². The van der Waals surface area contributed by atoms with Crippen LogP contribution in [0.4, 0.5) is 0 Å². The van der Waals surface area contributed by atoms with E-state index in [1.54, 1.807) is 6.20 Å². The fourth-order valence-corrected chi connectivity index (χ4v) is 5.98. The fraction of sp³-hybridized carbons (Fsp3) is 0.391. The van der Waals surface area contributed by atoms with Crippen molar-refractivity contribution in [2.75, 3.05) is 6.54 Å². The molecule has 0 aliphatic heterocycles. The van der Waals surface area contributed by atoms with Crippen molar-refractivity contribution in [3.63, 3.8) is 0 Å². The lowest BCUT2D eigenvalue weighted by molar-refractivity contribution is 0.538. The summed E-state index contributed by atoms with van der Waals surface area (Å²) in [5.74, 6) is 0. The normalized spacial score (nSPS) is 14.0. The molecule has 0 saturated heterocycles. The number of nitrogens with zero attached hydrogens (tertiary/aromatic N) is 3. The van der Waals surface area contributed by atoms with Crippen molar-refractivity contribution in [3.05, 3.63) is 64.5 Å². The highest BCUT2D eigenvalue weighted by molar-refractivity contribution is 7.89. The highest BCUT2D eigenvalue weighted by Gasteiger charge is 2.23. The van der Waals surface area contributed by atoms with Crippen LogP contribution in [0.15, 0.2) is 41.4 Å². The van der Waals surface area contributed by atoms with Gasteiger partial charge in [0.05, 0.1) is 17.1 Å². The lowest BCUT2D eigenvalue weighted by atomic mass is 9.95. The Morgan fingerprint density at radius 3 is 2.50 bits per heavy atom. The number of hydrogen-bond acceptors (Lipinski definition) is 4. The molecular formula is C23H28N4O2S. The monoisotopic (exact) mass is 424 g/mol. The molecule has 30 heavy (non-hydrogen) atoms. The van der Waals surface area contributed by atoms with Gasteiger partial charge in [0.2, 0.25) is 10.0 Å². The van der Waals surface area contributed by atoms with Gasteiger partial charge < -0.3 is 0 Å². The molecule has 0 amide bonds. The molecule has 7 heteroatoms. The van der Waals surface area contributed by atoms with Crippen LogP contribution >= 0.6 is 0 Å². The first-order chi connectivity index (χ1) is 14.4. The Balaban J connectivity index is 1.56. The van der Waals surface area contributed by atoms with Crippen molar-refractivity contribution >= 4 is 10.0 Å². The average molecular weight is 425 g/mol. The summed E-state index contributed by atoms with van der Waals surface area (Å²) >= 11 is 0. The van der Waals surface area contributed by atoms with Crippen LogP contribution in [-0.2, 0) is 29.4 Å². The summed E-state index contributed by atoms with van der Waals surface area (Å²) in [6.45, 7) is 6.46. The summed E-state index contributed by atoms with van der Waals surface area (Å²) in [4.78, 5) is 4.85. The third-order valence-corrected chi connectivity index (χ3v) is 7.42. The highest BCUT2D eigenvalue weighted by atomic mass is 32.2. The second-order valence-electron chi connectivity index (χ2n) is 8.04. The second-order valence-corrected chi connectivity index (χ2v) is 9.75. The third kappa shape index (κ3) is 4.04. The number of pyridine rings is 1. The summed E-state index contributed by atoms with van der Waals surface area (Å²) in [7, 11) is -3.58. The second kappa shape index (κ2) is 8.32. The van der Waals surface area contributed by atoms with Crippen molar-refractivity contribution < 1.29 is 8.42 Å². The van der Waals surface area contributed by atoms with E-state index in [0.29, 0.717) is 18.0 Å². The number of sulfonamides is 1. The standard InChI is InChI=1S/C23H28N4O2S/c1-16-14-17(2)23(18(3)15-16)30(28,29)25-12-13-27-21-10-5-4-8-19(21)22(26-27)20-9-6-7-11-24-20/h6-7,9,11,14-15,25H,4-5,8,10,12-13H2,1-3H3. The molecule has 6 nitrogen and oxygen atoms in total. The van der Waals surface area contributed by atoms with E-state index >= 15 is 0 Å². The van der Waals surface area contributed by atoms with Crippen LogP contribution in [-0.4, -0.2) is 29.7 Å². The Morgan fingerprint density at radius 2 is 1.80 bits per heavy atom. The molecule has 0 saturated carbocycles. The number of nitrogens with one attached hydrogen (secondary N) is 1. The number of rotatable bonds is 6. The molecule has 1 aliphatic carbocycles. The molecule has 0 atom stereocenters. The zero-order valence-electron chi connectivity index (χ0n) is 17.8. The molecule has 1 aromatic carbocycles. The van der Waals surface area contributed by atoms with E-state index in [0.717, 1.165) is 53.8 Å². The number of aryl methyl sites for hydroxylation is 3. The van der Waals surface area contributed by atoms with E-state index in [2.05, 4.69) is 9.71 Å². The van der Waals surface area contributed by atoms with Gasteiger partial charge in [-0.15, -0.1) is 0 Å². The molecule has 2 heterocycles. The van der Waals surface area contributed by atoms with Crippen LogP contribution in [0, 0.1) is 20.8 Å². The summed E-state index contributed by atoms with van der Waals surface area (Å²) in [5, 5.41) is 4.82. The van der Waals surface area contributed by atoms with E-state index < -0.39 is 10.0 Å². The maximum absolute atomic E-state index is 12.9. The molecule has 3 aromatic rings. The minimum absolute atomic E-state index is 0.296. The zero-order valence-corrected chi connectivity index (χ0v) is 18.6. The first-order valence-electron chi connectivity index (χ1n) is 10.4. The topological polar surface area (TPSA) is 76.9 Å². The lowest BCUT2D eigenvalue weighted by Gasteiger charge is -2.15. The quantitative estimate of drug-likeness (QED) is 0.654. The maximum Gasteiger partial charge on any atom is 0.241 e. The van der Waals surface area contributed by atoms with Gasteiger partial charge in [0, 0.05) is 24.0 Å². The van der Waals surface area contributed by atoms with E-state index in [4.69, 9.17) is 5.10 Å². The molecule has 1 aliphatic rings. The minimum atomic E-state index is -3.58. The molecule has 0 unspecified atom stereocenters. The summed E-state index contributed by atoms with van der Waals surface area (Å²) in [6, 6.07) is 9.66. The molecule has 2 aromatic heterocycles. The van der Waals surface area contributed by atoms with E-state index in [1.165, 1.54) is 11.3 Å². The third-order valence-electron chi connectivity index (χ3n) is 5.65. The summed E-state index contributed by atoms with van der Waals surface area (Å²) in [5.41, 5.74) is 6.88. The van der Waals surface area contributed by atoms with Crippen molar-refractivity contribution in [3.8, 4) is 11.4 Å². The SMILES string of the molecule is Cc1cc(C)c(S(=O)(=O)NCCn2nc(-c3ccccn3)c3c2CCCC3)c(C)c1. The van der Waals surface area contributed by atoms with Gasteiger partial charge in [0.1, 0.15) is 5.69 Å². The molecule has 158 valence electrons. The summed E-state index contributed by atoms with van der Waals surface area (Å²) < 4.78 is 30.6. The number of hydrogen-bond donors (Lipinski definition) is 1. The minimum Gasteiger partial charge on any atom is -0.267 e. The molecular weight excluding hydrogens is 396 g/mol. The maximum atomic E-state index is 12.9. The predicted molar refractivity (Wildman–Crippen MR) is 118 cm³/mol. The van der Waals surface area contributed by atoms with Crippen LogP contribution in [0.2, 0.25) is 0 Å². The first-order valence-corrected chi connectivity index (χ1v) is 11.9. The van der Waals surface area contributed by atoms with Crippen molar-refractivity contribution in [2.45, 2.75) is 57.9 Å². The predicted octanol–water partition coefficient (Wildman–Crippen LogP) is 3.73. The molecule has 0 radical (unpaired) electrons. The van der Waals surface area contributed by atoms with Gasteiger partial charge in [-0.2, -0.15) is 5.10 Å². The Morgan fingerprint density at radius 1 is 1.07 bits per heavy atom. The number of aromatic nitrogens is 3. The number of fused-ring (bicyclic) bond motifs is 1. The average Bonchev–Trinajstić information content (AvgIpc) is 3.06. The van der Waals surface area contributed by atoms with Gasteiger partial charge in [0.15, 0.2) is 0 Å². The van der Waals surface area contributed by atoms with Gasteiger partial charge in [0.25, 0.3) is 0 Å². The van der Waals surface area contributed by atoms with Crippen LogP contribution in [0.25, 0.3) is 11.4 Å². The van der Waals surface area contributed by atoms with E-state index in [9.17, 15) is 8.42 Å². The molecule has 4 rings (SSSR count). The van der Waals surface area contributed by atoms with Gasteiger partial charge >= 0.3 is 0 Å². The van der Waals surface area contributed by atoms with Crippen molar-refractivity contribution in [1.82, 2.24) is 19.5 Å². The van der Waals surface area contributed by atoms with Gasteiger partial charge in [-0.3, -0.25) is 9.67 Å². The molecule has 0 bridgehead atoms. The molecule has 0 fully saturated rings. The molecule has 0 spiro atoms.